The molecule has 0 amide bonds. The van der Waals surface area contributed by atoms with Gasteiger partial charge in [-0.25, -0.2) is 0 Å². The van der Waals surface area contributed by atoms with Gasteiger partial charge in [0.15, 0.2) is 0 Å². The van der Waals surface area contributed by atoms with E-state index < -0.39 is 5.54 Å². The van der Waals surface area contributed by atoms with Gasteiger partial charge >= 0.3 is 5.97 Å². The van der Waals surface area contributed by atoms with Crippen molar-refractivity contribution in [1.82, 2.24) is 0 Å². The van der Waals surface area contributed by atoms with Crippen LogP contribution in [0.3, 0.4) is 0 Å². The van der Waals surface area contributed by atoms with Crippen molar-refractivity contribution in [2.75, 3.05) is 7.11 Å². The largest absolute Gasteiger partial charge is 0.468 e. The van der Waals surface area contributed by atoms with Crippen molar-refractivity contribution < 1.29 is 9.53 Å². The number of esters is 1. The predicted molar refractivity (Wildman–Crippen MR) is 66.6 cm³/mol. The van der Waals surface area contributed by atoms with E-state index >= 15 is 0 Å². The van der Waals surface area contributed by atoms with E-state index in [1.54, 1.807) is 0 Å². The molecule has 2 N–H and O–H groups in total. The smallest absolute Gasteiger partial charge is 0.326 e. The molecule has 1 aromatic carbocycles. The van der Waals surface area contributed by atoms with E-state index in [9.17, 15) is 4.79 Å². The highest BCUT2D eigenvalue weighted by molar-refractivity contribution is 5.82. The van der Waals surface area contributed by atoms with Gasteiger partial charge in [-0.2, -0.15) is 0 Å². The molecule has 0 radical (unpaired) electrons. The van der Waals surface area contributed by atoms with Crippen LogP contribution in [-0.4, -0.2) is 18.6 Å². The second-order valence-corrected chi connectivity index (χ2v) is 4.74. The zero-order valence-electron chi connectivity index (χ0n) is 10.2. The summed E-state index contributed by atoms with van der Waals surface area (Å²) in [4.78, 5) is 11.9. The molecule has 1 saturated carbocycles. The minimum absolute atomic E-state index is 0.0740. The van der Waals surface area contributed by atoms with Crippen molar-refractivity contribution in [2.45, 2.75) is 37.1 Å². The highest BCUT2D eigenvalue weighted by Gasteiger charge is 2.45. The van der Waals surface area contributed by atoms with E-state index in [1.807, 2.05) is 30.3 Å². The molecule has 0 bridgehead atoms. The van der Waals surface area contributed by atoms with Crippen LogP contribution in [-0.2, 0) is 9.53 Å². The Morgan fingerprint density at radius 1 is 1.35 bits per heavy atom. The number of carbonyl (C=O) groups excluding carboxylic acids is 1. The highest BCUT2D eigenvalue weighted by atomic mass is 16.5. The van der Waals surface area contributed by atoms with Crippen LogP contribution in [0.25, 0.3) is 0 Å². The van der Waals surface area contributed by atoms with Crippen LogP contribution >= 0.6 is 0 Å². The minimum Gasteiger partial charge on any atom is -0.468 e. The fraction of sp³-hybridized carbons (Fsp3) is 0.500. The number of hydrogen-bond donors (Lipinski definition) is 1. The molecule has 0 unspecified atom stereocenters. The summed E-state index contributed by atoms with van der Waals surface area (Å²) in [7, 11) is 1.41. The van der Waals surface area contributed by atoms with Gasteiger partial charge in [-0.1, -0.05) is 43.2 Å². The number of carbonyl (C=O) groups is 1. The van der Waals surface area contributed by atoms with Gasteiger partial charge < -0.3 is 10.5 Å². The third-order valence-corrected chi connectivity index (χ3v) is 3.72. The van der Waals surface area contributed by atoms with Crippen molar-refractivity contribution >= 4 is 5.97 Å². The Hall–Kier alpha value is -1.35. The average molecular weight is 233 g/mol. The van der Waals surface area contributed by atoms with E-state index in [4.69, 9.17) is 10.5 Å². The first-order valence-corrected chi connectivity index (χ1v) is 6.11. The summed E-state index contributed by atoms with van der Waals surface area (Å²) in [5, 5.41) is 0. The molecule has 0 spiro atoms. The Labute approximate surface area is 102 Å². The predicted octanol–water partition coefficient (Wildman–Crippen LogP) is 2.21. The molecule has 2 atom stereocenters. The van der Waals surface area contributed by atoms with Crippen molar-refractivity contribution in [3.05, 3.63) is 35.9 Å². The number of ether oxygens (including phenoxy) is 1. The fourth-order valence-electron chi connectivity index (χ4n) is 2.78. The molecule has 0 aromatic heterocycles. The van der Waals surface area contributed by atoms with E-state index in [1.165, 1.54) is 7.11 Å². The molecule has 0 aliphatic heterocycles. The Balaban J connectivity index is 2.33. The Morgan fingerprint density at radius 2 is 2.06 bits per heavy atom. The molecular formula is C14H19NO2. The lowest BCUT2D eigenvalue weighted by molar-refractivity contribution is -0.149. The third kappa shape index (κ3) is 2.20. The van der Waals surface area contributed by atoms with Gasteiger partial charge in [0.25, 0.3) is 0 Å². The average Bonchev–Trinajstić information content (AvgIpc) is 2.39. The lowest BCUT2D eigenvalue weighted by atomic mass is 9.70. The van der Waals surface area contributed by atoms with Crippen LogP contribution in [0.4, 0.5) is 0 Å². The van der Waals surface area contributed by atoms with Gasteiger partial charge in [-0.3, -0.25) is 4.79 Å². The molecular weight excluding hydrogens is 214 g/mol. The second-order valence-electron chi connectivity index (χ2n) is 4.74. The number of nitrogens with two attached hydrogens (primary N) is 1. The number of rotatable bonds is 2. The van der Waals surface area contributed by atoms with Gasteiger partial charge in [0.2, 0.25) is 0 Å². The summed E-state index contributed by atoms with van der Waals surface area (Å²) in [5.41, 5.74) is 6.60. The summed E-state index contributed by atoms with van der Waals surface area (Å²) in [6, 6.07) is 10.0. The van der Waals surface area contributed by atoms with Crippen molar-refractivity contribution in [2.24, 2.45) is 5.73 Å². The molecule has 3 heteroatoms. The van der Waals surface area contributed by atoms with Gasteiger partial charge in [0.1, 0.15) is 5.54 Å². The first kappa shape index (κ1) is 12.1. The van der Waals surface area contributed by atoms with Gasteiger partial charge in [0.05, 0.1) is 7.11 Å². The van der Waals surface area contributed by atoms with Crippen molar-refractivity contribution in [3.63, 3.8) is 0 Å². The van der Waals surface area contributed by atoms with Crippen LogP contribution in [0.1, 0.15) is 37.2 Å². The van der Waals surface area contributed by atoms with Gasteiger partial charge in [0, 0.05) is 5.92 Å². The standard InChI is InChI=1S/C14H19NO2/c1-17-13(16)14(15)10-6-5-9-12(14)11-7-3-2-4-8-11/h2-4,7-8,12H,5-6,9-10,15H2,1H3/t12-,14+/m0/s1. The third-order valence-electron chi connectivity index (χ3n) is 3.72. The van der Waals surface area contributed by atoms with Crippen LogP contribution < -0.4 is 5.73 Å². The van der Waals surface area contributed by atoms with Crippen LogP contribution in [0.15, 0.2) is 30.3 Å². The second kappa shape index (κ2) is 4.88. The summed E-state index contributed by atoms with van der Waals surface area (Å²) in [5.74, 6) is -0.212. The van der Waals surface area contributed by atoms with Crippen molar-refractivity contribution in [3.8, 4) is 0 Å². The Kier molecular flexibility index (Phi) is 3.48. The zero-order valence-corrected chi connectivity index (χ0v) is 10.2. The summed E-state index contributed by atoms with van der Waals surface area (Å²) >= 11 is 0. The molecule has 0 saturated heterocycles. The molecule has 2 rings (SSSR count). The maximum absolute atomic E-state index is 11.9. The normalized spacial score (nSPS) is 28.7. The Morgan fingerprint density at radius 3 is 2.71 bits per heavy atom. The zero-order chi connectivity index (χ0) is 12.3. The monoisotopic (exact) mass is 233 g/mol. The minimum atomic E-state index is -0.853. The molecule has 1 aliphatic carbocycles. The molecule has 3 nitrogen and oxygen atoms in total. The molecule has 1 fully saturated rings. The number of methoxy groups -OCH3 is 1. The quantitative estimate of drug-likeness (QED) is 0.797. The fourth-order valence-corrected chi connectivity index (χ4v) is 2.78. The van der Waals surface area contributed by atoms with Crippen LogP contribution in [0, 0.1) is 0 Å². The number of benzene rings is 1. The maximum atomic E-state index is 11.9. The molecule has 0 heterocycles. The van der Waals surface area contributed by atoms with Crippen LogP contribution in [0.2, 0.25) is 0 Å². The molecule has 1 aliphatic rings. The van der Waals surface area contributed by atoms with Gasteiger partial charge in [-0.05, 0) is 18.4 Å². The molecule has 92 valence electrons. The van der Waals surface area contributed by atoms with Crippen molar-refractivity contribution in [1.29, 1.82) is 0 Å². The first-order chi connectivity index (χ1) is 8.18. The highest BCUT2D eigenvalue weighted by Crippen LogP contribution is 2.39. The summed E-state index contributed by atoms with van der Waals surface area (Å²) in [6.07, 6.45) is 3.78. The van der Waals surface area contributed by atoms with E-state index in [2.05, 4.69) is 0 Å². The Bertz CT molecular complexity index is 390. The summed E-state index contributed by atoms with van der Waals surface area (Å²) in [6.45, 7) is 0. The lowest BCUT2D eigenvalue weighted by Gasteiger charge is -2.38. The van der Waals surface area contributed by atoms with E-state index in [-0.39, 0.29) is 11.9 Å². The maximum Gasteiger partial charge on any atom is 0.326 e. The lowest BCUT2D eigenvalue weighted by Crippen LogP contribution is -2.55. The SMILES string of the molecule is COC(=O)[C@@]1(N)CCCC[C@H]1c1ccccc1. The molecule has 17 heavy (non-hydrogen) atoms. The first-order valence-electron chi connectivity index (χ1n) is 6.11. The topological polar surface area (TPSA) is 52.3 Å². The van der Waals surface area contributed by atoms with Gasteiger partial charge in [-0.15, -0.1) is 0 Å². The van der Waals surface area contributed by atoms with Crippen LogP contribution in [0.5, 0.6) is 0 Å². The number of hydrogen-bond acceptors (Lipinski definition) is 3. The van der Waals surface area contributed by atoms with E-state index in [0.29, 0.717) is 6.42 Å². The summed E-state index contributed by atoms with van der Waals surface area (Å²) < 4.78 is 4.88. The van der Waals surface area contributed by atoms with E-state index in [0.717, 1.165) is 24.8 Å². The molecule has 1 aromatic rings.